The lowest BCUT2D eigenvalue weighted by atomic mass is 10.0. The molecule has 0 aliphatic carbocycles. The molecule has 0 heterocycles. The third kappa shape index (κ3) is 2.42. The number of methoxy groups -OCH3 is 1. The van der Waals surface area contributed by atoms with Crippen molar-refractivity contribution < 1.29 is 13.9 Å². The number of ether oxygens (including phenoxy) is 2. The number of aryl methyl sites for hydroxylation is 1. The van der Waals surface area contributed by atoms with Gasteiger partial charge in [0.05, 0.1) is 5.02 Å². The summed E-state index contributed by atoms with van der Waals surface area (Å²) in [5.41, 5.74) is 0.635. The molecule has 0 unspecified atom stereocenters. The molecule has 0 radical (unpaired) electrons. The zero-order valence-electron chi connectivity index (χ0n) is 10.3. The molecule has 0 saturated heterocycles. The summed E-state index contributed by atoms with van der Waals surface area (Å²) in [6.45, 7) is 2.06. The molecule has 0 aromatic heterocycles. The number of hydrogen-bond donors (Lipinski definition) is 0. The summed E-state index contributed by atoms with van der Waals surface area (Å²) in [4.78, 5) is 0. The second kappa shape index (κ2) is 5.55. The molecule has 0 aliphatic rings. The first-order valence-electron chi connectivity index (χ1n) is 5.69. The summed E-state index contributed by atoms with van der Waals surface area (Å²) >= 11 is 6.21. The van der Waals surface area contributed by atoms with Crippen LogP contribution in [0.15, 0.2) is 24.3 Å². The van der Waals surface area contributed by atoms with Crippen molar-refractivity contribution in [3.63, 3.8) is 0 Å². The average Bonchev–Trinajstić information content (AvgIpc) is 2.37. The molecule has 0 bridgehead atoms. The van der Waals surface area contributed by atoms with Gasteiger partial charge in [-0.1, -0.05) is 24.6 Å². The van der Waals surface area contributed by atoms with Crippen molar-refractivity contribution in [3.05, 3.63) is 40.7 Å². The number of fused-ring (bicyclic) bond motifs is 1. The van der Waals surface area contributed by atoms with E-state index in [4.69, 9.17) is 21.1 Å². The standard InChI is InChI=1S/C14H14ClFO2/c1-3-11-13(16)5-4-9-6-10(18-8-17-2)7-12(15)14(9)11/h4-7H,3,8H2,1-2H3. The second-order valence-corrected chi connectivity index (χ2v) is 4.34. The van der Waals surface area contributed by atoms with Crippen LogP contribution >= 0.6 is 11.6 Å². The van der Waals surface area contributed by atoms with E-state index in [1.165, 1.54) is 6.07 Å². The van der Waals surface area contributed by atoms with Crippen LogP contribution < -0.4 is 4.74 Å². The van der Waals surface area contributed by atoms with Gasteiger partial charge in [0, 0.05) is 12.5 Å². The van der Waals surface area contributed by atoms with Crippen molar-refractivity contribution in [2.24, 2.45) is 0 Å². The van der Waals surface area contributed by atoms with Gasteiger partial charge in [-0.3, -0.25) is 0 Å². The molecule has 0 N–H and O–H groups in total. The highest BCUT2D eigenvalue weighted by Crippen LogP contribution is 2.33. The van der Waals surface area contributed by atoms with E-state index in [-0.39, 0.29) is 12.6 Å². The normalized spacial score (nSPS) is 10.9. The van der Waals surface area contributed by atoms with E-state index in [1.54, 1.807) is 19.2 Å². The van der Waals surface area contributed by atoms with Crippen LogP contribution in [0.1, 0.15) is 12.5 Å². The van der Waals surface area contributed by atoms with E-state index < -0.39 is 0 Å². The molecule has 18 heavy (non-hydrogen) atoms. The molecular weight excluding hydrogens is 255 g/mol. The minimum Gasteiger partial charge on any atom is -0.467 e. The Morgan fingerprint density at radius 2 is 2.06 bits per heavy atom. The van der Waals surface area contributed by atoms with Gasteiger partial charge in [0.2, 0.25) is 0 Å². The molecule has 0 aliphatic heterocycles. The molecule has 96 valence electrons. The Balaban J connectivity index is 2.58. The SMILES string of the molecule is CCc1c(F)ccc2cc(OCOC)cc(Cl)c12. The van der Waals surface area contributed by atoms with Crippen molar-refractivity contribution in [1.29, 1.82) is 0 Å². The van der Waals surface area contributed by atoms with Gasteiger partial charge < -0.3 is 9.47 Å². The Labute approximate surface area is 110 Å². The molecule has 2 rings (SSSR count). The third-order valence-corrected chi connectivity index (χ3v) is 3.09. The fourth-order valence-corrected chi connectivity index (χ4v) is 2.32. The van der Waals surface area contributed by atoms with Crippen LogP contribution in [0.2, 0.25) is 5.02 Å². The molecule has 2 aromatic carbocycles. The lowest BCUT2D eigenvalue weighted by Gasteiger charge is -2.11. The van der Waals surface area contributed by atoms with Crippen LogP contribution in [0.5, 0.6) is 5.75 Å². The number of benzene rings is 2. The van der Waals surface area contributed by atoms with E-state index in [9.17, 15) is 4.39 Å². The Bertz CT molecular complexity index is 569. The lowest BCUT2D eigenvalue weighted by Crippen LogP contribution is -1.99. The van der Waals surface area contributed by atoms with Crippen LogP contribution in [0.25, 0.3) is 10.8 Å². The molecular formula is C14H14ClFO2. The number of halogens is 2. The fourth-order valence-electron chi connectivity index (χ4n) is 1.99. The predicted octanol–water partition coefficient (Wildman–Crippen LogP) is 4.18. The van der Waals surface area contributed by atoms with Crippen molar-refractivity contribution in [2.75, 3.05) is 13.9 Å². The predicted molar refractivity (Wildman–Crippen MR) is 70.8 cm³/mol. The first-order chi connectivity index (χ1) is 8.67. The third-order valence-electron chi connectivity index (χ3n) is 2.79. The fraction of sp³-hybridized carbons (Fsp3) is 0.286. The Morgan fingerprint density at radius 3 is 2.72 bits per heavy atom. The van der Waals surface area contributed by atoms with Gasteiger partial charge in [-0.15, -0.1) is 0 Å². The maximum atomic E-state index is 13.7. The highest BCUT2D eigenvalue weighted by Gasteiger charge is 2.11. The zero-order chi connectivity index (χ0) is 13.1. The lowest BCUT2D eigenvalue weighted by molar-refractivity contribution is 0.0512. The van der Waals surface area contributed by atoms with Crippen LogP contribution in [-0.4, -0.2) is 13.9 Å². The largest absolute Gasteiger partial charge is 0.467 e. The molecule has 0 amide bonds. The van der Waals surface area contributed by atoms with Crippen molar-refractivity contribution in [3.8, 4) is 5.75 Å². The van der Waals surface area contributed by atoms with Gasteiger partial charge in [-0.25, -0.2) is 4.39 Å². The molecule has 0 spiro atoms. The Morgan fingerprint density at radius 1 is 1.28 bits per heavy atom. The molecule has 2 aromatic rings. The summed E-state index contributed by atoms with van der Waals surface area (Å²) in [7, 11) is 1.55. The van der Waals surface area contributed by atoms with Gasteiger partial charge >= 0.3 is 0 Å². The molecule has 2 nitrogen and oxygen atoms in total. The maximum Gasteiger partial charge on any atom is 0.188 e. The number of hydrogen-bond acceptors (Lipinski definition) is 2. The monoisotopic (exact) mass is 268 g/mol. The minimum atomic E-state index is -0.225. The van der Waals surface area contributed by atoms with E-state index in [2.05, 4.69) is 0 Å². The van der Waals surface area contributed by atoms with Crippen molar-refractivity contribution in [2.45, 2.75) is 13.3 Å². The van der Waals surface area contributed by atoms with Gasteiger partial charge in [-0.2, -0.15) is 0 Å². The summed E-state index contributed by atoms with van der Waals surface area (Å²) in [5, 5.41) is 2.12. The summed E-state index contributed by atoms with van der Waals surface area (Å²) in [6, 6.07) is 6.67. The van der Waals surface area contributed by atoms with E-state index in [0.717, 1.165) is 10.8 Å². The second-order valence-electron chi connectivity index (χ2n) is 3.93. The number of rotatable bonds is 4. The minimum absolute atomic E-state index is 0.156. The first-order valence-corrected chi connectivity index (χ1v) is 6.07. The van der Waals surface area contributed by atoms with Crippen LogP contribution in [0, 0.1) is 5.82 Å². The van der Waals surface area contributed by atoms with Crippen molar-refractivity contribution >= 4 is 22.4 Å². The highest BCUT2D eigenvalue weighted by molar-refractivity contribution is 6.36. The maximum absolute atomic E-state index is 13.7. The smallest absolute Gasteiger partial charge is 0.188 e. The zero-order valence-corrected chi connectivity index (χ0v) is 11.1. The quantitative estimate of drug-likeness (QED) is 0.775. The summed E-state index contributed by atoms with van der Waals surface area (Å²) < 4.78 is 23.9. The van der Waals surface area contributed by atoms with E-state index in [1.807, 2.05) is 13.0 Å². The van der Waals surface area contributed by atoms with Gasteiger partial charge in [-0.05, 0) is 35.6 Å². The Kier molecular flexibility index (Phi) is 4.04. The molecule has 0 atom stereocenters. The van der Waals surface area contributed by atoms with Gasteiger partial charge in [0.25, 0.3) is 0 Å². The van der Waals surface area contributed by atoms with Gasteiger partial charge in [0.1, 0.15) is 11.6 Å². The average molecular weight is 269 g/mol. The molecule has 4 heteroatoms. The van der Waals surface area contributed by atoms with E-state index >= 15 is 0 Å². The van der Waals surface area contributed by atoms with Crippen LogP contribution in [0.4, 0.5) is 4.39 Å². The van der Waals surface area contributed by atoms with Crippen LogP contribution in [0.3, 0.4) is 0 Å². The van der Waals surface area contributed by atoms with Gasteiger partial charge in [0.15, 0.2) is 6.79 Å². The summed E-state index contributed by atoms with van der Waals surface area (Å²) in [5.74, 6) is 0.389. The topological polar surface area (TPSA) is 18.5 Å². The molecule has 0 fully saturated rings. The summed E-state index contributed by atoms with van der Waals surface area (Å²) in [6.07, 6.45) is 0.598. The Hall–Kier alpha value is -1.32. The van der Waals surface area contributed by atoms with Crippen molar-refractivity contribution in [1.82, 2.24) is 0 Å². The highest BCUT2D eigenvalue weighted by atomic mass is 35.5. The van der Waals surface area contributed by atoms with E-state index in [0.29, 0.717) is 22.8 Å². The molecule has 0 saturated carbocycles. The van der Waals surface area contributed by atoms with Crippen LogP contribution in [-0.2, 0) is 11.2 Å². The first kappa shape index (κ1) is 13.1.